The van der Waals surface area contributed by atoms with E-state index in [0.29, 0.717) is 21.6 Å². The van der Waals surface area contributed by atoms with Gasteiger partial charge >= 0.3 is 0 Å². The number of thiocarbonyl (C=S) groups is 1. The predicted molar refractivity (Wildman–Crippen MR) is 107 cm³/mol. The van der Waals surface area contributed by atoms with Crippen molar-refractivity contribution in [1.82, 2.24) is 0 Å². The van der Waals surface area contributed by atoms with Crippen molar-refractivity contribution in [2.45, 2.75) is 6.92 Å². The lowest BCUT2D eigenvalue weighted by molar-refractivity contribution is -0.113. The maximum absolute atomic E-state index is 14.1. The SMILES string of the molecule is CCOc1ccc(Br)cc1/C=C1\SC(=S)N(c2ccccc2F)C1=O. The van der Waals surface area contributed by atoms with Gasteiger partial charge in [-0.05, 0) is 43.3 Å². The molecular formula is C18H13BrFNO2S2. The number of carbonyl (C=O) groups excluding carboxylic acids is 1. The van der Waals surface area contributed by atoms with E-state index >= 15 is 0 Å². The number of nitrogens with zero attached hydrogens (tertiary/aromatic N) is 1. The van der Waals surface area contributed by atoms with Gasteiger partial charge in [0, 0.05) is 10.0 Å². The molecule has 1 aliphatic heterocycles. The number of benzene rings is 2. The standard InChI is InChI=1S/C18H13BrFNO2S2/c1-2-23-15-8-7-12(19)9-11(15)10-16-17(22)21(18(24)25-16)14-6-4-3-5-13(14)20/h3-10H,2H2,1H3/b16-10-. The van der Waals surface area contributed by atoms with E-state index in [9.17, 15) is 9.18 Å². The zero-order valence-electron chi connectivity index (χ0n) is 13.2. The Kier molecular flexibility index (Phi) is 5.56. The lowest BCUT2D eigenvalue weighted by atomic mass is 10.2. The summed E-state index contributed by atoms with van der Waals surface area (Å²) < 4.78 is 20.8. The van der Waals surface area contributed by atoms with Crippen LogP contribution >= 0.6 is 39.9 Å². The smallest absolute Gasteiger partial charge is 0.270 e. The van der Waals surface area contributed by atoms with E-state index in [1.54, 1.807) is 18.2 Å². The highest BCUT2D eigenvalue weighted by atomic mass is 79.9. The molecule has 1 heterocycles. The Labute approximate surface area is 163 Å². The van der Waals surface area contributed by atoms with Crippen molar-refractivity contribution in [3.63, 3.8) is 0 Å². The van der Waals surface area contributed by atoms with Crippen molar-refractivity contribution in [1.29, 1.82) is 0 Å². The summed E-state index contributed by atoms with van der Waals surface area (Å²) >= 11 is 9.85. The van der Waals surface area contributed by atoms with Crippen molar-refractivity contribution in [2.75, 3.05) is 11.5 Å². The summed E-state index contributed by atoms with van der Waals surface area (Å²) in [4.78, 5) is 14.4. The summed E-state index contributed by atoms with van der Waals surface area (Å²) in [5.41, 5.74) is 0.915. The molecule has 2 aromatic carbocycles. The first-order valence-corrected chi connectivity index (χ1v) is 9.48. The Bertz CT molecular complexity index is 885. The van der Waals surface area contributed by atoms with Crippen molar-refractivity contribution in [2.24, 2.45) is 0 Å². The largest absolute Gasteiger partial charge is 0.493 e. The Morgan fingerprint density at radius 2 is 2.08 bits per heavy atom. The molecule has 7 heteroatoms. The van der Waals surface area contributed by atoms with Crippen molar-refractivity contribution in [3.8, 4) is 5.75 Å². The van der Waals surface area contributed by atoms with Crippen molar-refractivity contribution >= 4 is 61.9 Å². The van der Waals surface area contributed by atoms with E-state index in [-0.39, 0.29) is 11.6 Å². The van der Waals surface area contributed by atoms with E-state index in [4.69, 9.17) is 17.0 Å². The fraction of sp³-hybridized carbons (Fsp3) is 0.111. The quantitative estimate of drug-likeness (QED) is 0.473. The van der Waals surface area contributed by atoms with Gasteiger partial charge in [-0.25, -0.2) is 4.39 Å². The van der Waals surface area contributed by atoms with Gasteiger partial charge < -0.3 is 4.74 Å². The number of hydrogen-bond donors (Lipinski definition) is 0. The minimum Gasteiger partial charge on any atom is -0.493 e. The summed E-state index contributed by atoms with van der Waals surface area (Å²) in [6, 6.07) is 11.6. The van der Waals surface area contributed by atoms with Gasteiger partial charge in [-0.15, -0.1) is 0 Å². The average molecular weight is 438 g/mol. The molecule has 25 heavy (non-hydrogen) atoms. The first kappa shape index (κ1) is 18.1. The normalized spacial score (nSPS) is 16.0. The van der Waals surface area contributed by atoms with Crippen LogP contribution < -0.4 is 9.64 Å². The number of anilines is 1. The van der Waals surface area contributed by atoms with Gasteiger partial charge in [0.1, 0.15) is 11.6 Å². The molecule has 0 saturated carbocycles. The molecule has 0 unspecified atom stereocenters. The van der Waals surface area contributed by atoms with E-state index in [2.05, 4.69) is 15.9 Å². The van der Waals surface area contributed by atoms with Gasteiger partial charge in [-0.2, -0.15) is 0 Å². The van der Waals surface area contributed by atoms with Crippen LogP contribution in [-0.2, 0) is 4.79 Å². The van der Waals surface area contributed by atoms with Crippen molar-refractivity contribution < 1.29 is 13.9 Å². The van der Waals surface area contributed by atoms with Gasteiger partial charge in [0.2, 0.25) is 0 Å². The summed E-state index contributed by atoms with van der Waals surface area (Å²) in [7, 11) is 0. The van der Waals surface area contributed by atoms with Gasteiger partial charge in [0.15, 0.2) is 4.32 Å². The third-order valence-electron chi connectivity index (χ3n) is 3.45. The van der Waals surface area contributed by atoms with E-state index < -0.39 is 5.82 Å². The molecular weight excluding hydrogens is 425 g/mol. The summed E-state index contributed by atoms with van der Waals surface area (Å²) in [6.07, 6.45) is 1.72. The minimum absolute atomic E-state index is 0.160. The van der Waals surface area contributed by atoms with Crippen LogP contribution in [0.5, 0.6) is 5.75 Å². The molecule has 1 saturated heterocycles. The molecule has 0 aromatic heterocycles. The number of thioether (sulfide) groups is 1. The Morgan fingerprint density at radius 3 is 2.80 bits per heavy atom. The molecule has 0 N–H and O–H groups in total. The molecule has 1 aliphatic rings. The molecule has 2 aromatic rings. The fourth-order valence-electron chi connectivity index (χ4n) is 2.37. The van der Waals surface area contributed by atoms with Crippen LogP contribution in [0.3, 0.4) is 0 Å². The number of amides is 1. The lowest BCUT2D eigenvalue weighted by Gasteiger charge is -2.15. The maximum Gasteiger partial charge on any atom is 0.270 e. The van der Waals surface area contributed by atoms with Gasteiger partial charge in [0.25, 0.3) is 5.91 Å². The van der Waals surface area contributed by atoms with Crippen LogP contribution in [0.4, 0.5) is 10.1 Å². The van der Waals surface area contributed by atoms with E-state index in [1.165, 1.54) is 17.0 Å². The number of rotatable bonds is 4. The van der Waals surface area contributed by atoms with Crippen LogP contribution in [0.2, 0.25) is 0 Å². The lowest BCUT2D eigenvalue weighted by Crippen LogP contribution is -2.28. The van der Waals surface area contributed by atoms with Crippen LogP contribution in [0.1, 0.15) is 12.5 Å². The Morgan fingerprint density at radius 1 is 1.32 bits per heavy atom. The first-order chi connectivity index (χ1) is 12.0. The zero-order chi connectivity index (χ0) is 18.0. The highest BCUT2D eigenvalue weighted by Crippen LogP contribution is 2.38. The molecule has 0 atom stereocenters. The Hall–Kier alpha value is -1.70. The fourth-order valence-corrected chi connectivity index (χ4v) is 4.02. The van der Waals surface area contributed by atoms with Crippen molar-refractivity contribution in [3.05, 3.63) is 63.2 Å². The molecule has 0 aliphatic carbocycles. The molecule has 128 valence electrons. The molecule has 0 radical (unpaired) electrons. The molecule has 1 fully saturated rings. The summed E-state index contributed by atoms with van der Waals surface area (Å²) in [5.74, 6) is -0.165. The number of halogens is 2. The van der Waals surface area contributed by atoms with Gasteiger partial charge in [-0.1, -0.05) is 52.0 Å². The van der Waals surface area contributed by atoms with Gasteiger partial charge in [0.05, 0.1) is 17.2 Å². The molecule has 1 amide bonds. The second kappa shape index (κ2) is 7.68. The highest BCUT2D eigenvalue weighted by molar-refractivity contribution is 9.10. The number of para-hydroxylation sites is 1. The van der Waals surface area contributed by atoms with Crippen LogP contribution in [0, 0.1) is 5.82 Å². The predicted octanol–water partition coefficient (Wildman–Crippen LogP) is 5.39. The monoisotopic (exact) mass is 437 g/mol. The number of ether oxygens (including phenoxy) is 1. The summed E-state index contributed by atoms with van der Waals surface area (Å²) in [6.45, 7) is 2.40. The summed E-state index contributed by atoms with van der Waals surface area (Å²) in [5, 5.41) is 0. The zero-order valence-corrected chi connectivity index (χ0v) is 16.4. The average Bonchev–Trinajstić information content (AvgIpc) is 2.85. The second-order valence-electron chi connectivity index (χ2n) is 5.08. The first-order valence-electron chi connectivity index (χ1n) is 7.46. The van der Waals surface area contributed by atoms with Crippen LogP contribution in [0.25, 0.3) is 6.08 Å². The molecule has 0 spiro atoms. The highest BCUT2D eigenvalue weighted by Gasteiger charge is 2.34. The van der Waals surface area contributed by atoms with Gasteiger partial charge in [-0.3, -0.25) is 9.69 Å². The molecule has 3 rings (SSSR count). The second-order valence-corrected chi connectivity index (χ2v) is 7.68. The number of carbonyl (C=O) groups is 1. The third-order valence-corrected chi connectivity index (χ3v) is 5.24. The number of hydrogen-bond acceptors (Lipinski definition) is 4. The van der Waals surface area contributed by atoms with E-state index in [0.717, 1.165) is 21.8 Å². The minimum atomic E-state index is -0.488. The molecule has 0 bridgehead atoms. The van der Waals surface area contributed by atoms with E-state index in [1.807, 2.05) is 25.1 Å². The topological polar surface area (TPSA) is 29.5 Å². The van der Waals surface area contributed by atoms with Crippen LogP contribution in [0.15, 0.2) is 51.8 Å². The maximum atomic E-state index is 14.1. The molecule has 3 nitrogen and oxygen atoms in total. The third kappa shape index (κ3) is 3.78. The van der Waals surface area contributed by atoms with Crippen LogP contribution in [-0.4, -0.2) is 16.8 Å². The Balaban J connectivity index is 1.99.